The number of hydrogen-bond acceptors (Lipinski definition) is 2. The molecule has 122 valence electrons. The highest BCUT2D eigenvalue weighted by molar-refractivity contribution is 6.30. The van der Waals surface area contributed by atoms with Gasteiger partial charge in [0.25, 0.3) is 0 Å². The van der Waals surface area contributed by atoms with Gasteiger partial charge in [0, 0.05) is 24.7 Å². The quantitative estimate of drug-likeness (QED) is 0.798. The van der Waals surface area contributed by atoms with Gasteiger partial charge in [-0.3, -0.25) is 9.59 Å². The smallest absolute Gasteiger partial charge is 0.245 e. The van der Waals surface area contributed by atoms with Gasteiger partial charge in [0.15, 0.2) is 0 Å². The second-order valence-electron chi connectivity index (χ2n) is 6.22. The molecule has 1 aromatic rings. The first-order valence-corrected chi connectivity index (χ1v) is 8.45. The van der Waals surface area contributed by atoms with E-state index in [4.69, 9.17) is 11.6 Å². The summed E-state index contributed by atoms with van der Waals surface area (Å²) in [5.74, 6) is -0.0131. The Kier molecular flexibility index (Phi) is 4.71. The van der Waals surface area contributed by atoms with Crippen molar-refractivity contribution in [1.29, 1.82) is 0 Å². The maximum absolute atomic E-state index is 12.8. The zero-order valence-electron chi connectivity index (χ0n) is 13.1. The monoisotopic (exact) mass is 332 g/mol. The van der Waals surface area contributed by atoms with Gasteiger partial charge in [-0.05, 0) is 43.0 Å². The van der Waals surface area contributed by atoms with Crippen LogP contribution in [0.2, 0.25) is 5.02 Å². The van der Waals surface area contributed by atoms with Crippen molar-refractivity contribution in [3.8, 4) is 0 Å². The van der Waals surface area contributed by atoms with E-state index in [0.29, 0.717) is 11.6 Å². The Bertz CT molecular complexity index is 614. The molecule has 2 heterocycles. The fourth-order valence-electron chi connectivity index (χ4n) is 3.43. The average Bonchev–Trinajstić information content (AvgIpc) is 2.55. The van der Waals surface area contributed by atoms with Crippen molar-refractivity contribution in [2.45, 2.75) is 25.3 Å². The number of carbonyl (C=O) groups excluding carboxylic acids is 2. The Balaban J connectivity index is 1.66. The van der Waals surface area contributed by atoms with Crippen LogP contribution in [0, 0.1) is 5.92 Å². The number of amides is 2. The molecule has 2 unspecified atom stereocenters. The maximum Gasteiger partial charge on any atom is 0.245 e. The van der Waals surface area contributed by atoms with Gasteiger partial charge >= 0.3 is 0 Å². The molecule has 2 aliphatic rings. The molecule has 4 nitrogen and oxygen atoms in total. The minimum atomic E-state index is -0.0947. The van der Waals surface area contributed by atoms with Gasteiger partial charge < -0.3 is 9.80 Å². The Morgan fingerprint density at radius 2 is 1.91 bits per heavy atom. The van der Waals surface area contributed by atoms with Crippen molar-refractivity contribution in [1.82, 2.24) is 9.80 Å². The molecule has 0 N–H and O–H groups in total. The third-order valence-corrected chi connectivity index (χ3v) is 5.07. The molecule has 2 aliphatic heterocycles. The molecule has 1 aromatic carbocycles. The highest BCUT2D eigenvalue weighted by Gasteiger charge is 2.38. The molecule has 5 heteroatoms. The predicted molar refractivity (Wildman–Crippen MR) is 90.0 cm³/mol. The van der Waals surface area contributed by atoms with Crippen LogP contribution in [0.15, 0.2) is 36.9 Å². The number of hydrogen-bond donors (Lipinski definition) is 0. The molecule has 23 heavy (non-hydrogen) atoms. The molecule has 0 saturated carbocycles. The number of nitrogens with zero attached hydrogens (tertiary/aromatic N) is 2. The third kappa shape index (κ3) is 3.27. The average molecular weight is 333 g/mol. The first-order chi connectivity index (χ1) is 11.1. The van der Waals surface area contributed by atoms with Crippen LogP contribution in [-0.4, -0.2) is 41.2 Å². The second kappa shape index (κ2) is 6.75. The van der Waals surface area contributed by atoms with E-state index in [2.05, 4.69) is 6.58 Å². The van der Waals surface area contributed by atoms with Gasteiger partial charge in [-0.25, -0.2) is 0 Å². The van der Waals surface area contributed by atoms with Gasteiger partial charge in [0.2, 0.25) is 11.8 Å². The largest absolute Gasteiger partial charge is 0.338 e. The summed E-state index contributed by atoms with van der Waals surface area (Å²) in [6.07, 6.45) is 4.03. The molecule has 0 aliphatic carbocycles. The van der Waals surface area contributed by atoms with Crippen molar-refractivity contribution in [3.05, 3.63) is 47.5 Å². The van der Waals surface area contributed by atoms with Gasteiger partial charge in [-0.2, -0.15) is 0 Å². The lowest BCUT2D eigenvalue weighted by molar-refractivity contribution is -0.146. The van der Waals surface area contributed by atoms with Crippen LogP contribution in [0.3, 0.4) is 0 Å². The van der Waals surface area contributed by atoms with E-state index in [1.54, 1.807) is 4.90 Å². The topological polar surface area (TPSA) is 40.6 Å². The van der Waals surface area contributed by atoms with E-state index < -0.39 is 0 Å². The van der Waals surface area contributed by atoms with Crippen LogP contribution in [0.25, 0.3) is 0 Å². The first-order valence-electron chi connectivity index (χ1n) is 8.07. The minimum absolute atomic E-state index is 0.0830. The zero-order valence-corrected chi connectivity index (χ0v) is 13.8. The first kappa shape index (κ1) is 16.1. The summed E-state index contributed by atoms with van der Waals surface area (Å²) in [6.45, 7) is 5.54. The van der Waals surface area contributed by atoms with Gasteiger partial charge in [-0.15, -0.1) is 0 Å². The van der Waals surface area contributed by atoms with E-state index in [0.717, 1.165) is 37.9 Å². The normalized spacial score (nSPS) is 24.0. The van der Waals surface area contributed by atoms with E-state index in [1.165, 1.54) is 6.08 Å². The lowest BCUT2D eigenvalue weighted by Crippen LogP contribution is -2.51. The molecule has 2 atom stereocenters. The molecule has 2 saturated heterocycles. The fraction of sp³-hybridized carbons (Fsp3) is 0.444. The predicted octanol–water partition coefficient (Wildman–Crippen LogP) is 3.04. The Morgan fingerprint density at radius 3 is 2.52 bits per heavy atom. The number of likely N-dealkylation sites (tertiary alicyclic amines) is 2. The molecule has 3 rings (SSSR count). The van der Waals surface area contributed by atoms with Gasteiger partial charge in [0.1, 0.15) is 0 Å². The summed E-state index contributed by atoms with van der Waals surface area (Å²) in [5.41, 5.74) is 1.13. The Labute approximate surface area is 141 Å². The highest BCUT2D eigenvalue weighted by atomic mass is 35.5. The summed E-state index contributed by atoms with van der Waals surface area (Å²) >= 11 is 5.93. The van der Waals surface area contributed by atoms with Crippen LogP contribution in [0.1, 0.15) is 30.9 Å². The zero-order chi connectivity index (χ0) is 16.4. The second-order valence-corrected chi connectivity index (χ2v) is 6.65. The third-order valence-electron chi connectivity index (χ3n) is 4.81. The van der Waals surface area contributed by atoms with Crippen LogP contribution in [0.5, 0.6) is 0 Å². The minimum Gasteiger partial charge on any atom is -0.338 e. The van der Waals surface area contributed by atoms with Crippen molar-refractivity contribution in [2.75, 3.05) is 19.6 Å². The molecule has 2 fully saturated rings. The van der Waals surface area contributed by atoms with Crippen LogP contribution < -0.4 is 0 Å². The SMILES string of the molecule is C=CC(=O)N1CCCC(C(=O)N2CCC2c2ccc(Cl)cc2)C1. The maximum atomic E-state index is 12.8. The van der Waals surface area contributed by atoms with Crippen LogP contribution in [-0.2, 0) is 9.59 Å². The Hall–Kier alpha value is -1.81. The molecule has 0 radical (unpaired) electrons. The molecule has 0 spiro atoms. The van der Waals surface area contributed by atoms with Crippen LogP contribution >= 0.6 is 11.6 Å². The van der Waals surface area contributed by atoms with Gasteiger partial charge in [-0.1, -0.05) is 30.3 Å². The Morgan fingerprint density at radius 1 is 1.17 bits per heavy atom. The van der Waals surface area contributed by atoms with E-state index in [1.807, 2.05) is 29.2 Å². The van der Waals surface area contributed by atoms with Crippen LogP contribution in [0.4, 0.5) is 0 Å². The standard InChI is InChI=1S/C18H21ClN2O2/c1-2-17(22)20-10-3-4-14(12-20)18(23)21-11-9-16(21)13-5-7-15(19)8-6-13/h2,5-8,14,16H,1,3-4,9-12H2. The van der Waals surface area contributed by atoms with Crippen molar-refractivity contribution < 1.29 is 9.59 Å². The van der Waals surface area contributed by atoms with Crippen molar-refractivity contribution in [3.63, 3.8) is 0 Å². The van der Waals surface area contributed by atoms with Gasteiger partial charge in [0.05, 0.1) is 12.0 Å². The number of benzene rings is 1. The van der Waals surface area contributed by atoms with Crippen molar-refractivity contribution >= 4 is 23.4 Å². The van der Waals surface area contributed by atoms with E-state index >= 15 is 0 Å². The fourth-order valence-corrected chi connectivity index (χ4v) is 3.55. The molecular formula is C18H21ClN2O2. The number of carbonyl (C=O) groups is 2. The summed E-state index contributed by atoms with van der Waals surface area (Å²) in [7, 11) is 0. The lowest BCUT2D eigenvalue weighted by Gasteiger charge is -2.44. The van der Waals surface area contributed by atoms with Crippen molar-refractivity contribution in [2.24, 2.45) is 5.92 Å². The summed E-state index contributed by atoms with van der Waals surface area (Å²) < 4.78 is 0. The highest BCUT2D eigenvalue weighted by Crippen LogP contribution is 2.36. The summed E-state index contributed by atoms with van der Waals surface area (Å²) in [4.78, 5) is 28.3. The summed E-state index contributed by atoms with van der Waals surface area (Å²) in [6, 6.07) is 7.85. The molecule has 0 bridgehead atoms. The molecule has 2 amide bonds. The van der Waals surface area contributed by atoms with E-state index in [-0.39, 0.29) is 23.8 Å². The summed E-state index contributed by atoms with van der Waals surface area (Å²) in [5, 5.41) is 0.705. The van der Waals surface area contributed by atoms with E-state index in [9.17, 15) is 9.59 Å². The lowest BCUT2D eigenvalue weighted by atomic mass is 9.90. The number of piperidine rings is 1. The number of halogens is 1. The molecule has 0 aromatic heterocycles. The molecular weight excluding hydrogens is 312 g/mol. The number of rotatable bonds is 3.